The second-order valence-corrected chi connectivity index (χ2v) is 3.77. The lowest BCUT2D eigenvalue weighted by atomic mass is 9.94. The Hall–Kier alpha value is -1.31. The number of carbonyl (C=O) groups excluding carboxylic acids is 1. The summed E-state index contributed by atoms with van der Waals surface area (Å²) in [5, 5.41) is 0. The standard InChI is InChI=1S/C13H18O2/c1-4-12(10(2)14)9-11-5-7-13(15-3)8-6-11/h5-8,12H,4,9H2,1-3H3. The summed E-state index contributed by atoms with van der Waals surface area (Å²) in [6.07, 6.45) is 1.73. The summed E-state index contributed by atoms with van der Waals surface area (Å²) in [4.78, 5) is 11.3. The van der Waals surface area contributed by atoms with Crippen LogP contribution >= 0.6 is 0 Å². The number of ketones is 1. The van der Waals surface area contributed by atoms with Crippen molar-refractivity contribution >= 4 is 5.78 Å². The molecule has 0 amide bonds. The first-order chi connectivity index (χ1) is 7.17. The van der Waals surface area contributed by atoms with Gasteiger partial charge < -0.3 is 4.74 Å². The van der Waals surface area contributed by atoms with Crippen molar-refractivity contribution < 1.29 is 9.53 Å². The zero-order valence-corrected chi connectivity index (χ0v) is 9.62. The van der Waals surface area contributed by atoms with Gasteiger partial charge in [0.25, 0.3) is 0 Å². The lowest BCUT2D eigenvalue weighted by molar-refractivity contribution is -0.120. The number of rotatable bonds is 5. The molecule has 0 saturated heterocycles. The molecule has 0 aromatic heterocycles. The molecule has 82 valence electrons. The molecule has 0 bridgehead atoms. The molecule has 1 atom stereocenters. The molecule has 0 spiro atoms. The number of benzene rings is 1. The quantitative estimate of drug-likeness (QED) is 0.740. The lowest BCUT2D eigenvalue weighted by Gasteiger charge is -2.11. The molecule has 2 heteroatoms. The van der Waals surface area contributed by atoms with Crippen LogP contribution in [0.3, 0.4) is 0 Å². The van der Waals surface area contributed by atoms with Gasteiger partial charge in [-0.05, 0) is 37.5 Å². The molecular formula is C13H18O2. The third-order valence-electron chi connectivity index (χ3n) is 2.71. The monoisotopic (exact) mass is 206 g/mol. The summed E-state index contributed by atoms with van der Waals surface area (Å²) in [5.74, 6) is 1.28. The number of hydrogen-bond donors (Lipinski definition) is 0. The van der Waals surface area contributed by atoms with E-state index in [2.05, 4.69) is 6.92 Å². The molecule has 1 rings (SSSR count). The minimum Gasteiger partial charge on any atom is -0.497 e. The smallest absolute Gasteiger partial charge is 0.133 e. The van der Waals surface area contributed by atoms with Crippen LogP contribution in [0.2, 0.25) is 0 Å². The van der Waals surface area contributed by atoms with Crippen molar-refractivity contribution in [1.82, 2.24) is 0 Å². The molecule has 0 heterocycles. The molecule has 1 unspecified atom stereocenters. The van der Waals surface area contributed by atoms with Crippen LogP contribution in [0.1, 0.15) is 25.8 Å². The van der Waals surface area contributed by atoms with Crippen molar-refractivity contribution in [3.63, 3.8) is 0 Å². The average molecular weight is 206 g/mol. The average Bonchev–Trinajstić information content (AvgIpc) is 2.26. The molecule has 1 aromatic carbocycles. The maximum Gasteiger partial charge on any atom is 0.133 e. The maximum absolute atomic E-state index is 11.3. The molecule has 0 aliphatic carbocycles. The Morgan fingerprint density at radius 3 is 2.33 bits per heavy atom. The van der Waals surface area contributed by atoms with E-state index in [1.807, 2.05) is 24.3 Å². The van der Waals surface area contributed by atoms with E-state index in [0.717, 1.165) is 18.6 Å². The highest BCUT2D eigenvalue weighted by Crippen LogP contribution is 2.16. The number of hydrogen-bond acceptors (Lipinski definition) is 2. The van der Waals surface area contributed by atoms with E-state index in [9.17, 15) is 4.79 Å². The van der Waals surface area contributed by atoms with Crippen LogP contribution in [-0.2, 0) is 11.2 Å². The number of carbonyl (C=O) groups is 1. The fraction of sp³-hybridized carbons (Fsp3) is 0.462. The van der Waals surface area contributed by atoms with Gasteiger partial charge in [-0.1, -0.05) is 19.1 Å². The Morgan fingerprint density at radius 1 is 1.33 bits per heavy atom. The van der Waals surface area contributed by atoms with Gasteiger partial charge in [0.1, 0.15) is 11.5 Å². The maximum atomic E-state index is 11.3. The number of Topliss-reactive ketones (excluding diaryl/α,β-unsaturated/α-hetero) is 1. The molecule has 1 aromatic rings. The van der Waals surface area contributed by atoms with Crippen molar-refractivity contribution in [1.29, 1.82) is 0 Å². The highest BCUT2D eigenvalue weighted by atomic mass is 16.5. The van der Waals surface area contributed by atoms with Gasteiger partial charge in [-0.3, -0.25) is 4.79 Å². The molecule has 0 fully saturated rings. The van der Waals surface area contributed by atoms with Gasteiger partial charge in [-0.2, -0.15) is 0 Å². The van der Waals surface area contributed by atoms with Crippen LogP contribution in [0.5, 0.6) is 5.75 Å². The van der Waals surface area contributed by atoms with Crippen molar-refractivity contribution in [2.45, 2.75) is 26.7 Å². The molecule has 0 saturated carbocycles. The highest BCUT2D eigenvalue weighted by molar-refractivity contribution is 5.78. The highest BCUT2D eigenvalue weighted by Gasteiger charge is 2.12. The Bertz CT molecular complexity index is 314. The summed E-state index contributed by atoms with van der Waals surface area (Å²) in [5.41, 5.74) is 1.19. The van der Waals surface area contributed by atoms with Crippen LogP contribution in [0.25, 0.3) is 0 Å². The first kappa shape index (κ1) is 11.8. The predicted molar refractivity (Wildman–Crippen MR) is 61.2 cm³/mol. The van der Waals surface area contributed by atoms with E-state index in [4.69, 9.17) is 4.74 Å². The van der Waals surface area contributed by atoms with Gasteiger partial charge in [0, 0.05) is 5.92 Å². The van der Waals surface area contributed by atoms with Gasteiger partial charge in [-0.15, -0.1) is 0 Å². The van der Waals surface area contributed by atoms with Crippen LogP contribution in [0.15, 0.2) is 24.3 Å². The molecule has 15 heavy (non-hydrogen) atoms. The summed E-state index contributed by atoms with van der Waals surface area (Å²) in [6, 6.07) is 7.90. The van der Waals surface area contributed by atoms with E-state index < -0.39 is 0 Å². The summed E-state index contributed by atoms with van der Waals surface area (Å²) < 4.78 is 5.08. The third-order valence-corrected chi connectivity index (χ3v) is 2.71. The molecular weight excluding hydrogens is 188 g/mol. The fourth-order valence-electron chi connectivity index (χ4n) is 1.62. The molecule has 0 aliphatic heterocycles. The molecule has 0 radical (unpaired) electrons. The van der Waals surface area contributed by atoms with Gasteiger partial charge in [-0.25, -0.2) is 0 Å². The van der Waals surface area contributed by atoms with Crippen LogP contribution < -0.4 is 4.74 Å². The van der Waals surface area contributed by atoms with E-state index >= 15 is 0 Å². The minimum absolute atomic E-state index is 0.151. The molecule has 0 aliphatic rings. The SMILES string of the molecule is CCC(Cc1ccc(OC)cc1)C(C)=O. The Balaban J connectivity index is 2.67. The number of methoxy groups -OCH3 is 1. The van der Waals surface area contributed by atoms with E-state index in [1.54, 1.807) is 14.0 Å². The van der Waals surface area contributed by atoms with E-state index in [-0.39, 0.29) is 11.7 Å². The molecule has 0 N–H and O–H groups in total. The second-order valence-electron chi connectivity index (χ2n) is 3.77. The fourth-order valence-corrected chi connectivity index (χ4v) is 1.62. The first-order valence-corrected chi connectivity index (χ1v) is 5.30. The minimum atomic E-state index is 0.151. The van der Waals surface area contributed by atoms with E-state index in [1.165, 1.54) is 5.56 Å². The van der Waals surface area contributed by atoms with Gasteiger partial charge in [0.2, 0.25) is 0 Å². The van der Waals surface area contributed by atoms with Crippen LogP contribution in [0.4, 0.5) is 0 Å². The van der Waals surface area contributed by atoms with Gasteiger partial charge in [0.05, 0.1) is 7.11 Å². The van der Waals surface area contributed by atoms with Gasteiger partial charge >= 0.3 is 0 Å². The Kier molecular flexibility index (Phi) is 4.35. The topological polar surface area (TPSA) is 26.3 Å². The van der Waals surface area contributed by atoms with Crippen molar-refractivity contribution in [2.75, 3.05) is 7.11 Å². The summed E-state index contributed by atoms with van der Waals surface area (Å²) in [7, 11) is 1.65. The lowest BCUT2D eigenvalue weighted by Crippen LogP contribution is -2.12. The van der Waals surface area contributed by atoms with Crippen molar-refractivity contribution in [3.05, 3.63) is 29.8 Å². The number of ether oxygens (including phenoxy) is 1. The first-order valence-electron chi connectivity index (χ1n) is 5.30. The largest absolute Gasteiger partial charge is 0.497 e. The zero-order valence-electron chi connectivity index (χ0n) is 9.62. The van der Waals surface area contributed by atoms with Crippen molar-refractivity contribution in [3.8, 4) is 5.75 Å². The Labute approximate surface area is 91.3 Å². The van der Waals surface area contributed by atoms with Gasteiger partial charge in [0.15, 0.2) is 0 Å². The summed E-state index contributed by atoms with van der Waals surface area (Å²) >= 11 is 0. The van der Waals surface area contributed by atoms with Crippen molar-refractivity contribution in [2.24, 2.45) is 5.92 Å². The molecule has 2 nitrogen and oxygen atoms in total. The third kappa shape index (κ3) is 3.39. The Morgan fingerprint density at radius 2 is 1.93 bits per heavy atom. The normalized spacial score (nSPS) is 12.2. The van der Waals surface area contributed by atoms with E-state index in [0.29, 0.717) is 0 Å². The summed E-state index contributed by atoms with van der Waals surface area (Å²) in [6.45, 7) is 3.72. The second kappa shape index (κ2) is 5.54. The van der Waals surface area contributed by atoms with Crippen LogP contribution in [0, 0.1) is 5.92 Å². The predicted octanol–water partition coefficient (Wildman–Crippen LogP) is 2.85. The zero-order chi connectivity index (χ0) is 11.3. The van der Waals surface area contributed by atoms with Crippen LogP contribution in [-0.4, -0.2) is 12.9 Å².